The van der Waals surface area contributed by atoms with Gasteiger partial charge in [0.15, 0.2) is 0 Å². The van der Waals surface area contributed by atoms with E-state index in [1.165, 1.54) is 0 Å². The monoisotopic (exact) mass is 471 g/mol. The summed E-state index contributed by atoms with van der Waals surface area (Å²) in [5.74, 6) is 1.34. The second kappa shape index (κ2) is 10.5. The minimum Gasteiger partial charge on any atom is -0.496 e. The van der Waals surface area contributed by atoms with Crippen molar-refractivity contribution < 1.29 is 18.7 Å². The number of rotatable bonds is 8. The lowest BCUT2D eigenvalue weighted by atomic mass is 10.1. The van der Waals surface area contributed by atoms with Gasteiger partial charge in [0, 0.05) is 17.8 Å². The van der Waals surface area contributed by atoms with Crippen LogP contribution in [0.2, 0.25) is 0 Å². The van der Waals surface area contributed by atoms with Crippen molar-refractivity contribution in [3.05, 3.63) is 76.7 Å². The highest BCUT2D eigenvalue weighted by Gasteiger charge is 2.07. The number of aryl methyl sites for hydroxylation is 1. The van der Waals surface area contributed by atoms with E-state index in [-0.39, 0.29) is 11.9 Å². The van der Waals surface area contributed by atoms with E-state index in [2.05, 4.69) is 31.9 Å². The molecular formula is C22H22BrN3O4. The zero-order valence-electron chi connectivity index (χ0n) is 16.4. The predicted octanol–water partition coefficient (Wildman–Crippen LogP) is 4.94. The van der Waals surface area contributed by atoms with Crippen LogP contribution < -0.4 is 20.7 Å². The van der Waals surface area contributed by atoms with Crippen LogP contribution in [0.1, 0.15) is 17.7 Å². The van der Waals surface area contributed by atoms with Gasteiger partial charge in [0.05, 0.1) is 24.4 Å². The van der Waals surface area contributed by atoms with E-state index in [0.29, 0.717) is 36.5 Å². The van der Waals surface area contributed by atoms with Gasteiger partial charge in [0.1, 0.15) is 11.5 Å². The van der Waals surface area contributed by atoms with Crippen molar-refractivity contribution in [2.24, 2.45) is 0 Å². The summed E-state index contributed by atoms with van der Waals surface area (Å²) < 4.78 is 11.2. The molecule has 0 aliphatic heterocycles. The molecule has 7 nitrogen and oxygen atoms in total. The molecule has 8 heteroatoms. The molecule has 0 atom stereocenters. The molecule has 3 N–H and O–H groups in total. The maximum absolute atomic E-state index is 12.2. The molecule has 0 bridgehead atoms. The maximum Gasteiger partial charge on any atom is 0.319 e. The van der Waals surface area contributed by atoms with Gasteiger partial charge in [-0.2, -0.15) is 0 Å². The molecule has 0 saturated carbocycles. The molecule has 30 heavy (non-hydrogen) atoms. The van der Waals surface area contributed by atoms with Crippen molar-refractivity contribution in [1.82, 2.24) is 5.32 Å². The van der Waals surface area contributed by atoms with Crippen molar-refractivity contribution in [2.45, 2.75) is 19.4 Å². The van der Waals surface area contributed by atoms with Gasteiger partial charge in [-0.15, -0.1) is 0 Å². The molecular weight excluding hydrogens is 450 g/mol. The van der Waals surface area contributed by atoms with Gasteiger partial charge in [-0.3, -0.25) is 4.79 Å². The van der Waals surface area contributed by atoms with Gasteiger partial charge in [0.2, 0.25) is 5.91 Å². The Hall–Kier alpha value is -3.26. The normalized spacial score (nSPS) is 10.3. The summed E-state index contributed by atoms with van der Waals surface area (Å²) in [5, 5.41) is 8.28. The van der Waals surface area contributed by atoms with E-state index < -0.39 is 0 Å². The van der Waals surface area contributed by atoms with Crippen molar-refractivity contribution >= 4 is 39.2 Å². The molecule has 0 aliphatic rings. The molecule has 0 saturated heterocycles. The van der Waals surface area contributed by atoms with E-state index in [4.69, 9.17) is 9.15 Å². The van der Waals surface area contributed by atoms with E-state index in [9.17, 15) is 9.59 Å². The van der Waals surface area contributed by atoms with Crippen molar-refractivity contribution in [3.63, 3.8) is 0 Å². The van der Waals surface area contributed by atoms with Crippen LogP contribution in [0.5, 0.6) is 5.75 Å². The van der Waals surface area contributed by atoms with Crippen LogP contribution in [-0.2, 0) is 17.8 Å². The van der Waals surface area contributed by atoms with Gasteiger partial charge in [0.25, 0.3) is 0 Å². The highest BCUT2D eigenvalue weighted by molar-refractivity contribution is 9.10. The quantitative estimate of drug-likeness (QED) is 0.433. The fraction of sp³-hybridized carbons (Fsp3) is 0.182. The number of amides is 3. The standard InChI is InChI=1S/C22H22BrN3O4/c1-29-20-10-4-15(13-19(20)23)5-11-21(27)25-16-6-8-17(9-7-16)26-22(28)24-14-18-3-2-12-30-18/h2-4,6-10,12-13H,5,11,14H2,1H3,(H,25,27)(H2,24,26,28). The Morgan fingerprint density at radius 3 is 2.40 bits per heavy atom. The molecule has 0 aliphatic carbocycles. The zero-order valence-corrected chi connectivity index (χ0v) is 18.0. The Labute approximate surface area is 182 Å². The molecule has 1 heterocycles. The lowest BCUT2D eigenvalue weighted by Gasteiger charge is -2.09. The van der Waals surface area contributed by atoms with Gasteiger partial charge in [-0.05, 0) is 76.4 Å². The number of furan rings is 1. The van der Waals surface area contributed by atoms with Crippen molar-refractivity contribution in [2.75, 3.05) is 17.7 Å². The third-order valence-corrected chi connectivity index (χ3v) is 4.91. The van der Waals surface area contributed by atoms with Crippen LogP contribution >= 0.6 is 15.9 Å². The summed E-state index contributed by atoms with van der Waals surface area (Å²) >= 11 is 3.45. The summed E-state index contributed by atoms with van der Waals surface area (Å²) in [7, 11) is 1.61. The average Bonchev–Trinajstić information content (AvgIpc) is 3.26. The van der Waals surface area contributed by atoms with Crippen LogP contribution in [0.4, 0.5) is 16.2 Å². The van der Waals surface area contributed by atoms with E-state index in [0.717, 1.165) is 15.8 Å². The lowest BCUT2D eigenvalue weighted by molar-refractivity contribution is -0.116. The maximum atomic E-state index is 12.2. The molecule has 0 radical (unpaired) electrons. The minimum absolute atomic E-state index is 0.0844. The number of halogens is 1. The molecule has 0 unspecified atom stereocenters. The third kappa shape index (κ3) is 6.38. The molecule has 0 spiro atoms. The minimum atomic E-state index is -0.339. The first kappa shape index (κ1) is 21.4. The molecule has 1 aromatic heterocycles. The fourth-order valence-electron chi connectivity index (χ4n) is 2.74. The zero-order chi connectivity index (χ0) is 21.3. The highest BCUT2D eigenvalue weighted by atomic mass is 79.9. The molecule has 3 amide bonds. The third-order valence-electron chi connectivity index (χ3n) is 4.29. The second-order valence-corrected chi connectivity index (χ2v) is 7.34. The number of carbonyl (C=O) groups is 2. The van der Waals surface area contributed by atoms with Crippen LogP contribution in [0.25, 0.3) is 0 Å². The smallest absolute Gasteiger partial charge is 0.319 e. The number of hydrogen-bond donors (Lipinski definition) is 3. The number of ether oxygens (including phenoxy) is 1. The van der Waals surface area contributed by atoms with Crippen LogP contribution in [0.15, 0.2) is 69.8 Å². The largest absolute Gasteiger partial charge is 0.496 e. The van der Waals surface area contributed by atoms with Crippen molar-refractivity contribution in [1.29, 1.82) is 0 Å². The Kier molecular flexibility index (Phi) is 7.51. The molecule has 2 aromatic carbocycles. The summed E-state index contributed by atoms with van der Waals surface area (Å²) in [6.07, 6.45) is 2.52. The highest BCUT2D eigenvalue weighted by Crippen LogP contribution is 2.26. The Morgan fingerprint density at radius 2 is 1.77 bits per heavy atom. The van der Waals surface area contributed by atoms with E-state index in [1.807, 2.05) is 18.2 Å². The number of benzene rings is 2. The number of nitrogens with one attached hydrogen (secondary N) is 3. The molecule has 156 valence electrons. The fourth-order valence-corrected chi connectivity index (χ4v) is 3.33. The molecule has 3 rings (SSSR count). The van der Waals surface area contributed by atoms with Crippen LogP contribution in [0, 0.1) is 0 Å². The first-order valence-electron chi connectivity index (χ1n) is 9.33. The number of urea groups is 1. The number of anilines is 2. The Morgan fingerprint density at radius 1 is 1.03 bits per heavy atom. The van der Waals surface area contributed by atoms with Crippen LogP contribution in [-0.4, -0.2) is 19.0 Å². The first-order chi connectivity index (χ1) is 14.5. The number of methoxy groups -OCH3 is 1. The van der Waals surface area contributed by atoms with Gasteiger partial charge >= 0.3 is 6.03 Å². The van der Waals surface area contributed by atoms with E-state index >= 15 is 0 Å². The van der Waals surface area contributed by atoms with E-state index in [1.54, 1.807) is 49.8 Å². The Bertz CT molecular complexity index is 988. The topological polar surface area (TPSA) is 92.6 Å². The Balaban J connectivity index is 1.43. The summed E-state index contributed by atoms with van der Waals surface area (Å²) in [5.41, 5.74) is 2.32. The summed E-state index contributed by atoms with van der Waals surface area (Å²) in [6, 6.07) is 15.9. The second-order valence-electron chi connectivity index (χ2n) is 6.48. The summed E-state index contributed by atoms with van der Waals surface area (Å²) in [4.78, 5) is 24.1. The molecule has 3 aromatic rings. The first-order valence-corrected chi connectivity index (χ1v) is 10.1. The molecule has 0 fully saturated rings. The number of hydrogen-bond acceptors (Lipinski definition) is 4. The summed E-state index contributed by atoms with van der Waals surface area (Å²) in [6.45, 7) is 0.303. The predicted molar refractivity (Wildman–Crippen MR) is 119 cm³/mol. The van der Waals surface area contributed by atoms with Gasteiger partial charge in [-0.25, -0.2) is 4.79 Å². The van der Waals surface area contributed by atoms with Crippen molar-refractivity contribution in [3.8, 4) is 5.75 Å². The lowest BCUT2D eigenvalue weighted by Crippen LogP contribution is -2.27. The SMILES string of the molecule is COc1ccc(CCC(=O)Nc2ccc(NC(=O)NCc3ccco3)cc2)cc1Br. The van der Waals surface area contributed by atoms with Crippen LogP contribution in [0.3, 0.4) is 0 Å². The van der Waals surface area contributed by atoms with Gasteiger partial charge in [-0.1, -0.05) is 6.07 Å². The number of carbonyl (C=O) groups excluding carboxylic acids is 2. The van der Waals surface area contributed by atoms with Gasteiger partial charge < -0.3 is 25.1 Å². The average molecular weight is 472 g/mol.